The summed E-state index contributed by atoms with van der Waals surface area (Å²) in [4.78, 5) is 0.101. The van der Waals surface area contributed by atoms with Gasteiger partial charge in [-0.1, -0.05) is 36.4 Å². The molecule has 0 aliphatic heterocycles. The lowest BCUT2D eigenvalue weighted by molar-refractivity contribution is 0.598. The summed E-state index contributed by atoms with van der Waals surface area (Å²) in [7, 11) is -3.68. The van der Waals surface area contributed by atoms with Crippen LogP contribution < -0.4 is 5.14 Å². The summed E-state index contributed by atoms with van der Waals surface area (Å²) in [5, 5.41) is 14.0. The van der Waals surface area contributed by atoms with Gasteiger partial charge in [-0.3, -0.25) is 0 Å². The molecule has 2 N–H and O–H groups in total. The lowest BCUT2D eigenvalue weighted by Crippen LogP contribution is -2.11. The average Bonchev–Trinajstić information content (AvgIpc) is 3.04. The van der Waals surface area contributed by atoms with E-state index in [4.69, 9.17) is 10.4 Å². The molecule has 2 aromatic carbocycles. The van der Waals surface area contributed by atoms with Gasteiger partial charge in [-0.25, -0.2) is 13.6 Å². The van der Waals surface area contributed by atoms with E-state index in [0.717, 1.165) is 28.7 Å². The monoisotopic (exact) mass is 322 g/mol. The fourth-order valence-corrected chi connectivity index (χ4v) is 3.13. The van der Waals surface area contributed by atoms with Crippen LogP contribution in [0.25, 0.3) is 11.1 Å². The second-order valence-electron chi connectivity index (χ2n) is 5.23. The highest BCUT2D eigenvalue weighted by molar-refractivity contribution is 7.89. The van der Waals surface area contributed by atoms with Gasteiger partial charge in [-0.2, -0.15) is 5.26 Å². The van der Waals surface area contributed by atoms with Crippen LogP contribution in [0.15, 0.2) is 65.6 Å². The molecule has 0 heterocycles. The normalized spacial score (nSPS) is 14.1. The summed E-state index contributed by atoms with van der Waals surface area (Å²) in [6.45, 7) is 0. The van der Waals surface area contributed by atoms with Crippen LogP contribution in [0.1, 0.15) is 23.1 Å². The zero-order valence-corrected chi connectivity index (χ0v) is 13.0. The third kappa shape index (κ3) is 3.09. The third-order valence-corrected chi connectivity index (χ3v) is 4.68. The lowest BCUT2D eigenvalue weighted by atomic mass is 9.94. The molecular weight excluding hydrogens is 308 g/mol. The largest absolute Gasteiger partial charge is 0.238 e. The van der Waals surface area contributed by atoms with Gasteiger partial charge in [-0.15, -0.1) is 0 Å². The van der Waals surface area contributed by atoms with Crippen molar-refractivity contribution < 1.29 is 8.42 Å². The number of primary sulfonamides is 1. The summed E-state index contributed by atoms with van der Waals surface area (Å²) < 4.78 is 22.7. The Bertz CT molecular complexity index is 946. The summed E-state index contributed by atoms with van der Waals surface area (Å²) in [5.41, 5.74) is 4.72. The van der Waals surface area contributed by atoms with E-state index in [1.807, 2.05) is 12.1 Å². The maximum Gasteiger partial charge on any atom is 0.238 e. The Morgan fingerprint density at radius 3 is 1.78 bits per heavy atom. The van der Waals surface area contributed by atoms with Gasteiger partial charge in [0.25, 0.3) is 0 Å². The molecule has 2 aromatic rings. The van der Waals surface area contributed by atoms with Crippen molar-refractivity contribution >= 4 is 21.2 Å². The van der Waals surface area contributed by atoms with E-state index in [9.17, 15) is 8.42 Å². The Morgan fingerprint density at radius 2 is 1.35 bits per heavy atom. The summed E-state index contributed by atoms with van der Waals surface area (Å²) in [6, 6.07) is 16.1. The number of nitriles is 1. The van der Waals surface area contributed by atoms with Crippen molar-refractivity contribution in [2.45, 2.75) is 11.3 Å². The van der Waals surface area contributed by atoms with Gasteiger partial charge in [0.2, 0.25) is 10.0 Å². The van der Waals surface area contributed by atoms with E-state index in [-0.39, 0.29) is 4.90 Å². The zero-order chi connectivity index (χ0) is 16.4. The molecule has 114 valence electrons. The Labute approximate surface area is 135 Å². The molecule has 1 aliphatic carbocycles. The number of benzene rings is 2. The summed E-state index contributed by atoms with van der Waals surface area (Å²) in [5.74, 6) is 0. The minimum absolute atomic E-state index is 0.101. The molecule has 0 spiro atoms. The second-order valence-corrected chi connectivity index (χ2v) is 6.79. The molecule has 0 aromatic heterocycles. The number of sulfonamides is 1. The molecule has 5 heteroatoms. The van der Waals surface area contributed by atoms with Gasteiger partial charge in [0.05, 0.1) is 16.5 Å². The van der Waals surface area contributed by atoms with Crippen LogP contribution >= 0.6 is 0 Å². The van der Waals surface area contributed by atoms with Gasteiger partial charge < -0.3 is 0 Å². The minimum atomic E-state index is -3.68. The molecule has 23 heavy (non-hydrogen) atoms. The second kappa shape index (κ2) is 5.84. The van der Waals surface area contributed by atoms with Crippen LogP contribution in [0.3, 0.4) is 0 Å². The Morgan fingerprint density at radius 1 is 0.870 bits per heavy atom. The molecule has 0 radical (unpaired) electrons. The van der Waals surface area contributed by atoms with Crippen molar-refractivity contribution in [3.8, 4) is 6.07 Å². The van der Waals surface area contributed by atoms with Gasteiger partial charge in [0.15, 0.2) is 0 Å². The molecule has 0 saturated heterocycles. The van der Waals surface area contributed by atoms with Crippen LogP contribution in [-0.2, 0) is 10.0 Å². The molecular formula is C18H14N2O2S. The molecule has 0 atom stereocenters. The maximum atomic E-state index is 11.3. The maximum absolute atomic E-state index is 11.3. The van der Waals surface area contributed by atoms with Gasteiger partial charge in [-0.05, 0) is 53.0 Å². The number of rotatable bonds is 3. The van der Waals surface area contributed by atoms with Crippen LogP contribution in [0.5, 0.6) is 0 Å². The topological polar surface area (TPSA) is 83.9 Å². The first-order valence-electron chi connectivity index (χ1n) is 7.03. The Balaban J connectivity index is 1.94. The number of nitrogens with two attached hydrogens (primary N) is 1. The van der Waals surface area contributed by atoms with E-state index >= 15 is 0 Å². The summed E-state index contributed by atoms with van der Waals surface area (Å²) in [6.07, 6.45) is 5.03. The van der Waals surface area contributed by atoms with Crippen molar-refractivity contribution in [2.75, 3.05) is 0 Å². The van der Waals surface area contributed by atoms with Crippen molar-refractivity contribution in [3.05, 3.63) is 77.4 Å². The van der Waals surface area contributed by atoms with Crippen LogP contribution in [0.2, 0.25) is 0 Å². The predicted molar refractivity (Wildman–Crippen MR) is 89.5 cm³/mol. The van der Waals surface area contributed by atoms with E-state index in [0.29, 0.717) is 5.56 Å². The molecule has 0 bridgehead atoms. The Hall–Kier alpha value is -2.68. The standard InChI is InChI=1S/C18H14N2O2S/c19-12-13-4-6-14(7-5-13)17-2-1-3-18(17)15-8-10-16(11-9-15)23(20,21)22/h2-11H,1H2,(H2,20,21,22). The quantitative estimate of drug-likeness (QED) is 0.942. The summed E-state index contributed by atoms with van der Waals surface area (Å²) >= 11 is 0. The molecule has 4 nitrogen and oxygen atoms in total. The smallest absolute Gasteiger partial charge is 0.225 e. The first-order valence-corrected chi connectivity index (χ1v) is 8.58. The van der Waals surface area contributed by atoms with E-state index in [1.54, 1.807) is 24.3 Å². The Kier molecular flexibility index (Phi) is 3.87. The molecule has 0 fully saturated rings. The number of allylic oxidation sites excluding steroid dienone is 4. The molecule has 0 unspecified atom stereocenters. The van der Waals surface area contributed by atoms with Gasteiger partial charge >= 0.3 is 0 Å². The highest BCUT2D eigenvalue weighted by atomic mass is 32.2. The third-order valence-electron chi connectivity index (χ3n) is 3.75. The number of nitrogens with zero attached hydrogens (tertiary/aromatic N) is 1. The highest BCUT2D eigenvalue weighted by Crippen LogP contribution is 2.36. The molecule has 3 rings (SSSR count). The first-order chi connectivity index (χ1) is 11.0. The van der Waals surface area contributed by atoms with Crippen LogP contribution in [-0.4, -0.2) is 8.42 Å². The molecule has 1 aliphatic rings. The number of hydrogen-bond acceptors (Lipinski definition) is 3. The van der Waals surface area contributed by atoms with Gasteiger partial charge in [0.1, 0.15) is 0 Å². The number of hydrogen-bond donors (Lipinski definition) is 1. The zero-order valence-electron chi connectivity index (χ0n) is 12.2. The van der Waals surface area contributed by atoms with Crippen LogP contribution in [0, 0.1) is 11.3 Å². The van der Waals surface area contributed by atoms with E-state index in [1.165, 1.54) is 12.1 Å². The minimum Gasteiger partial charge on any atom is -0.225 e. The average molecular weight is 322 g/mol. The van der Waals surface area contributed by atoms with Crippen molar-refractivity contribution in [1.82, 2.24) is 0 Å². The first kappa shape index (κ1) is 15.2. The predicted octanol–water partition coefficient (Wildman–Crippen LogP) is 3.08. The fourth-order valence-electron chi connectivity index (χ4n) is 2.61. The molecule has 0 amide bonds. The highest BCUT2D eigenvalue weighted by Gasteiger charge is 2.15. The SMILES string of the molecule is N#Cc1ccc(C2=CCC=C2c2ccc(S(N)(=O)=O)cc2)cc1. The van der Waals surface area contributed by atoms with E-state index in [2.05, 4.69) is 18.2 Å². The van der Waals surface area contributed by atoms with E-state index < -0.39 is 10.0 Å². The van der Waals surface area contributed by atoms with Crippen molar-refractivity contribution in [2.24, 2.45) is 5.14 Å². The van der Waals surface area contributed by atoms with Crippen LogP contribution in [0.4, 0.5) is 0 Å². The lowest BCUT2D eigenvalue weighted by Gasteiger charge is -2.10. The fraction of sp³-hybridized carbons (Fsp3) is 0.0556. The molecule has 0 saturated carbocycles. The van der Waals surface area contributed by atoms with Gasteiger partial charge in [0, 0.05) is 0 Å². The van der Waals surface area contributed by atoms with Crippen molar-refractivity contribution in [1.29, 1.82) is 5.26 Å². The van der Waals surface area contributed by atoms with Crippen molar-refractivity contribution in [3.63, 3.8) is 0 Å².